The number of hydrogen-bond donors (Lipinski definition) is 2. The molecule has 0 spiro atoms. The van der Waals surface area contributed by atoms with Crippen molar-refractivity contribution in [1.82, 2.24) is 9.97 Å². The van der Waals surface area contributed by atoms with Gasteiger partial charge in [0.2, 0.25) is 5.88 Å². The number of allylic oxidation sites excluding steroid dienone is 1. The molecule has 6 heteroatoms. The Balaban J connectivity index is 2.11. The number of oxazole rings is 1. The van der Waals surface area contributed by atoms with Gasteiger partial charge in [0, 0.05) is 23.5 Å². The molecule has 1 aliphatic rings. The second-order valence-electron chi connectivity index (χ2n) is 3.46. The Morgan fingerprint density at radius 3 is 3.12 bits per heavy atom. The van der Waals surface area contributed by atoms with E-state index in [1.54, 1.807) is 18.5 Å². The first-order valence-electron chi connectivity index (χ1n) is 4.87. The van der Waals surface area contributed by atoms with Crippen LogP contribution in [0.1, 0.15) is 11.3 Å². The van der Waals surface area contributed by atoms with Crippen molar-refractivity contribution in [3.8, 4) is 5.88 Å². The van der Waals surface area contributed by atoms with Crippen LogP contribution in [0.15, 0.2) is 32.5 Å². The fraction of sp³-hybridized carbons (Fsp3) is 0. The first kappa shape index (κ1) is 9.59. The molecule has 0 fully saturated rings. The Morgan fingerprint density at radius 1 is 1.47 bits per heavy atom. The van der Waals surface area contributed by atoms with Crippen molar-refractivity contribution in [3.63, 3.8) is 0 Å². The van der Waals surface area contributed by atoms with E-state index in [1.165, 1.54) is 6.08 Å². The molecule has 3 rings (SSSR count). The number of hydrogen-bond acceptors (Lipinski definition) is 5. The first-order valence-corrected chi connectivity index (χ1v) is 4.87. The summed E-state index contributed by atoms with van der Waals surface area (Å²) in [6, 6.07) is 3.64. The average Bonchev–Trinajstić information content (AvgIpc) is 2.85. The lowest BCUT2D eigenvalue weighted by atomic mass is 10.1. The molecule has 6 nitrogen and oxygen atoms in total. The Morgan fingerprint density at radius 2 is 2.35 bits per heavy atom. The number of aromatic nitrogens is 2. The van der Waals surface area contributed by atoms with E-state index in [1.807, 2.05) is 6.07 Å². The SMILES string of the molecule is O=c1[nH]c(O)c(/C=C2\C=Nc3ncccc32)o1. The van der Waals surface area contributed by atoms with Crippen LogP contribution in [0.4, 0.5) is 5.82 Å². The van der Waals surface area contributed by atoms with Crippen molar-refractivity contribution in [2.24, 2.45) is 4.99 Å². The maximum Gasteiger partial charge on any atom is 0.419 e. The molecule has 0 saturated carbocycles. The number of H-pyrrole nitrogens is 1. The van der Waals surface area contributed by atoms with E-state index in [9.17, 15) is 9.90 Å². The molecule has 2 aromatic rings. The van der Waals surface area contributed by atoms with Crippen LogP contribution in [-0.2, 0) is 0 Å². The third-order valence-corrected chi connectivity index (χ3v) is 2.37. The number of aromatic hydroxyl groups is 1. The van der Waals surface area contributed by atoms with E-state index in [0.29, 0.717) is 5.82 Å². The number of fused-ring (bicyclic) bond motifs is 1. The van der Waals surface area contributed by atoms with Crippen LogP contribution < -0.4 is 5.76 Å². The highest BCUT2D eigenvalue weighted by atomic mass is 16.4. The van der Waals surface area contributed by atoms with Gasteiger partial charge in [-0.05, 0) is 18.2 Å². The van der Waals surface area contributed by atoms with Crippen LogP contribution in [0.3, 0.4) is 0 Å². The maximum absolute atomic E-state index is 10.9. The molecular formula is C11H7N3O3. The molecule has 0 aliphatic carbocycles. The standard InChI is InChI=1S/C11H7N3O3/c15-10-8(17-11(16)14-10)4-6-5-13-9-7(6)2-1-3-12-9/h1-5,15H,(H,14,16)/b6-4+. The molecule has 0 bridgehead atoms. The van der Waals surface area contributed by atoms with Gasteiger partial charge in [0.15, 0.2) is 11.6 Å². The second kappa shape index (κ2) is 3.44. The fourth-order valence-electron chi connectivity index (χ4n) is 1.61. The van der Waals surface area contributed by atoms with Crippen LogP contribution >= 0.6 is 0 Å². The summed E-state index contributed by atoms with van der Waals surface area (Å²) < 4.78 is 4.77. The topological polar surface area (TPSA) is 91.5 Å². The van der Waals surface area contributed by atoms with Crippen molar-refractivity contribution in [2.75, 3.05) is 0 Å². The molecule has 84 valence electrons. The van der Waals surface area contributed by atoms with Crippen molar-refractivity contribution in [1.29, 1.82) is 0 Å². The van der Waals surface area contributed by atoms with Gasteiger partial charge in [0.25, 0.3) is 0 Å². The number of aromatic amines is 1. The number of nitrogens with one attached hydrogen (secondary N) is 1. The molecule has 1 aliphatic heterocycles. The molecule has 0 radical (unpaired) electrons. The minimum Gasteiger partial charge on any atom is -0.492 e. The highest BCUT2D eigenvalue weighted by Crippen LogP contribution is 2.30. The lowest BCUT2D eigenvalue weighted by Crippen LogP contribution is -1.92. The Hall–Kier alpha value is -2.63. The van der Waals surface area contributed by atoms with Gasteiger partial charge in [0.1, 0.15) is 0 Å². The minimum atomic E-state index is -0.698. The Bertz CT molecular complexity index is 694. The van der Waals surface area contributed by atoms with Crippen molar-refractivity contribution in [2.45, 2.75) is 0 Å². The van der Waals surface area contributed by atoms with Gasteiger partial charge in [-0.25, -0.2) is 14.8 Å². The largest absolute Gasteiger partial charge is 0.492 e. The average molecular weight is 229 g/mol. The van der Waals surface area contributed by atoms with E-state index in [4.69, 9.17) is 4.42 Å². The lowest BCUT2D eigenvalue weighted by Gasteiger charge is -1.96. The molecule has 0 unspecified atom stereocenters. The third kappa shape index (κ3) is 1.55. The van der Waals surface area contributed by atoms with Gasteiger partial charge >= 0.3 is 5.76 Å². The number of pyridine rings is 1. The van der Waals surface area contributed by atoms with Crippen molar-refractivity contribution >= 4 is 23.7 Å². The van der Waals surface area contributed by atoms with Gasteiger partial charge in [-0.15, -0.1) is 0 Å². The van der Waals surface area contributed by atoms with E-state index in [0.717, 1.165) is 11.1 Å². The van der Waals surface area contributed by atoms with Crippen molar-refractivity contribution in [3.05, 3.63) is 40.2 Å². The van der Waals surface area contributed by atoms with Gasteiger partial charge < -0.3 is 9.52 Å². The summed E-state index contributed by atoms with van der Waals surface area (Å²) in [7, 11) is 0. The second-order valence-corrected chi connectivity index (χ2v) is 3.46. The van der Waals surface area contributed by atoms with Crippen LogP contribution in [0.2, 0.25) is 0 Å². The summed E-state index contributed by atoms with van der Waals surface area (Å²) in [6.45, 7) is 0. The van der Waals surface area contributed by atoms with E-state index >= 15 is 0 Å². The van der Waals surface area contributed by atoms with Gasteiger partial charge in [-0.2, -0.15) is 0 Å². The molecule has 0 aromatic carbocycles. The van der Waals surface area contributed by atoms with Gasteiger partial charge in [0.05, 0.1) is 0 Å². The highest BCUT2D eigenvalue weighted by molar-refractivity contribution is 6.20. The van der Waals surface area contributed by atoms with Crippen LogP contribution in [0.25, 0.3) is 11.6 Å². The monoisotopic (exact) mass is 229 g/mol. The zero-order chi connectivity index (χ0) is 11.8. The summed E-state index contributed by atoms with van der Waals surface area (Å²) in [5, 5.41) is 9.39. The zero-order valence-corrected chi connectivity index (χ0v) is 8.54. The van der Waals surface area contributed by atoms with Crippen LogP contribution in [0, 0.1) is 0 Å². The highest BCUT2D eigenvalue weighted by Gasteiger charge is 2.14. The maximum atomic E-state index is 10.9. The summed E-state index contributed by atoms with van der Waals surface area (Å²) in [4.78, 5) is 21.2. The number of nitrogens with zero attached hydrogens (tertiary/aromatic N) is 2. The lowest BCUT2D eigenvalue weighted by molar-refractivity contribution is 0.443. The summed E-state index contributed by atoms with van der Waals surface area (Å²) >= 11 is 0. The minimum absolute atomic E-state index is 0.0770. The smallest absolute Gasteiger partial charge is 0.419 e. The van der Waals surface area contributed by atoms with E-state index in [-0.39, 0.29) is 11.6 Å². The van der Waals surface area contributed by atoms with E-state index in [2.05, 4.69) is 15.0 Å². The summed E-state index contributed by atoms with van der Waals surface area (Å²) in [5.74, 6) is -0.312. The van der Waals surface area contributed by atoms with E-state index < -0.39 is 5.76 Å². The molecule has 0 amide bonds. The fourth-order valence-corrected chi connectivity index (χ4v) is 1.61. The Labute approximate surface area is 95.0 Å². The quantitative estimate of drug-likeness (QED) is 0.771. The van der Waals surface area contributed by atoms with Crippen LogP contribution in [0.5, 0.6) is 5.88 Å². The molecule has 0 atom stereocenters. The zero-order valence-electron chi connectivity index (χ0n) is 8.54. The molecule has 2 aromatic heterocycles. The normalized spacial score (nSPS) is 15.4. The Kier molecular flexibility index (Phi) is 1.94. The summed E-state index contributed by atoms with van der Waals surface area (Å²) in [5.41, 5.74) is 1.56. The summed E-state index contributed by atoms with van der Waals surface area (Å²) in [6.07, 6.45) is 4.78. The predicted octanol–water partition coefficient (Wildman–Crippen LogP) is 1.32. The molecule has 0 saturated heterocycles. The molecule has 2 N–H and O–H groups in total. The molecular weight excluding hydrogens is 222 g/mol. The third-order valence-electron chi connectivity index (χ3n) is 2.37. The van der Waals surface area contributed by atoms with Gasteiger partial charge in [-0.1, -0.05) is 0 Å². The number of aliphatic imine (C=N–C) groups is 1. The predicted molar refractivity (Wildman–Crippen MR) is 61.3 cm³/mol. The van der Waals surface area contributed by atoms with Gasteiger partial charge in [-0.3, -0.25) is 4.98 Å². The first-order chi connectivity index (χ1) is 8.24. The van der Waals surface area contributed by atoms with Crippen molar-refractivity contribution < 1.29 is 9.52 Å². The molecule has 3 heterocycles. The molecule has 17 heavy (non-hydrogen) atoms. The number of rotatable bonds is 1. The van der Waals surface area contributed by atoms with Crippen LogP contribution in [-0.4, -0.2) is 21.3 Å².